The molecular formula is C15H13BrN2O2. The molecule has 0 aliphatic carbocycles. The molecule has 2 aromatic rings. The highest BCUT2D eigenvalue weighted by Crippen LogP contribution is 2.11. The van der Waals surface area contributed by atoms with E-state index in [4.69, 9.17) is 0 Å². The average molecular weight is 333 g/mol. The summed E-state index contributed by atoms with van der Waals surface area (Å²) in [6.45, 7) is 1.83. The van der Waals surface area contributed by atoms with Crippen molar-refractivity contribution in [2.75, 3.05) is 0 Å². The maximum Gasteiger partial charge on any atom is 0.181 e. The van der Waals surface area contributed by atoms with E-state index < -0.39 is 0 Å². The van der Waals surface area contributed by atoms with Crippen LogP contribution in [0.1, 0.15) is 39.5 Å². The van der Waals surface area contributed by atoms with Crippen LogP contribution in [0.3, 0.4) is 0 Å². The van der Waals surface area contributed by atoms with E-state index in [2.05, 4.69) is 25.9 Å². The second-order valence-corrected chi connectivity index (χ2v) is 5.17. The summed E-state index contributed by atoms with van der Waals surface area (Å²) in [6, 6.07) is 10.4. The molecule has 102 valence electrons. The molecule has 0 bridgehead atoms. The third kappa shape index (κ3) is 3.81. The monoisotopic (exact) mass is 332 g/mol. The molecule has 0 aromatic carbocycles. The number of aryl methyl sites for hydroxylation is 1. The van der Waals surface area contributed by atoms with Crippen LogP contribution >= 0.6 is 15.9 Å². The van der Waals surface area contributed by atoms with Gasteiger partial charge in [-0.15, -0.1) is 0 Å². The minimum Gasteiger partial charge on any atom is -0.292 e. The number of nitrogens with zero attached hydrogens (tertiary/aromatic N) is 2. The van der Waals surface area contributed by atoms with Crippen LogP contribution in [0.15, 0.2) is 41.0 Å². The van der Waals surface area contributed by atoms with E-state index in [0.717, 1.165) is 5.69 Å². The molecule has 0 atom stereocenters. The molecule has 0 fully saturated rings. The summed E-state index contributed by atoms with van der Waals surface area (Å²) in [7, 11) is 0. The van der Waals surface area contributed by atoms with Gasteiger partial charge in [-0.05, 0) is 47.1 Å². The quantitative estimate of drug-likeness (QED) is 0.622. The number of hydrogen-bond donors (Lipinski definition) is 0. The summed E-state index contributed by atoms with van der Waals surface area (Å²) in [6.07, 6.45) is 0.279. The van der Waals surface area contributed by atoms with Crippen molar-refractivity contribution in [3.8, 4) is 0 Å². The van der Waals surface area contributed by atoms with E-state index in [1.807, 2.05) is 13.0 Å². The molecule has 0 aliphatic rings. The lowest BCUT2D eigenvalue weighted by atomic mass is 10.1. The van der Waals surface area contributed by atoms with Gasteiger partial charge in [-0.25, -0.2) is 4.98 Å². The van der Waals surface area contributed by atoms with E-state index in [1.54, 1.807) is 30.3 Å². The molecule has 0 N–H and O–H groups in total. The van der Waals surface area contributed by atoms with Gasteiger partial charge in [-0.1, -0.05) is 12.1 Å². The van der Waals surface area contributed by atoms with Crippen molar-refractivity contribution < 1.29 is 9.59 Å². The molecule has 2 rings (SSSR count). The number of ketones is 2. The molecule has 0 aliphatic heterocycles. The van der Waals surface area contributed by atoms with E-state index in [9.17, 15) is 9.59 Å². The van der Waals surface area contributed by atoms with Gasteiger partial charge >= 0.3 is 0 Å². The predicted octanol–water partition coefficient (Wildman–Crippen LogP) is 3.39. The Kier molecular flexibility index (Phi) is 4.74. The highest BCUT2D eigenvalue weighted by Gasteiger charge is 2.13. The Balaban J connectivity index is 1.98. The van der Waals surface area contributed by atoms with Crippen molar-refractivity contribution in [3.63, 3.8) is 0 Å². The van der Waals surface area contributed by atoms with Crippen molar-refractivity contribution in [1.82, 2.24) is 9.97 Å². The van der Waals surface area contributed by atoms with Gasteiger partial charge in [0.2, 0.25) is 0 Å². The van der Waals surface area contributed by atoms with Gasteiger partial charge in [0.05, 0.1) is 0 Å². The zero-order chi connectivity index (χ0) is 14.5. The Hall–Kier alpha value is -1.88. The summed E-state index contributed by atoms with van der Waals surface area (Å²) in [5.41, 5.74) is 1.56. The van der Waals surface area contributed by atoms with E-state index in [-0.39, 0.29) is 24.4 Å². The SMILES string of the molecule is Cc1cccc(C(=O)CCC(=O)c2cccc(Br)n2)n1. The summed E-state index contributed by atoms with van der Waals surface area (Å²) in [5, 5.41) is 0. The fraction of sp³-hybridized carbons (Fsp3) is 0.200. The smallest absolute Gasteiger partial charge is 0.181 e. The molecule has 2 heterocycles. The Morgan fingerprint density at radius 2 is 1.50 bits per heavy atom. The number of pyridine rings is 2. The van der Waals surface area contributed by atoms with Gasteiger partial charge in [-0.2, -0.15) is 0 Å². The zero-order valence-electron chi connectivity index (χ0n) is 11.0. The lowest BCUT2D eigenvalue weighted by Gasteiger charge is -2.02. The highest BCUT2D eigenvalue weighted by atomic mass is 79.9. The second-order valence-electron chi connectivity index (χ2n) is 4.36. The molecule has 20 heavy (non-hydrogen) atoms. The van der Waals surface area contributed by atoms with Crippen LogP contribution in [-0.4, -0.2) is 21.5 Å². The van der Waals surface area contributed by atoms with Gasteiger partial charge in [0.25, 0.3) is 0 Å². The first kappa shape index (κ1) is 14.5. The largest absolute Gasteiger partial charge is 0.292 e. The van der Waals surface area contributed by atoms with Crippen LogP contribution < -0.4 is 0 Å². The Labute approximate surface area is 125 Å². The van der Waals surface area contributed by atoms with Crippen molar-refractivity contribution in [1.29, 1.82) is 0 Å². The second kappa shape index (κ2) is 6.52. The first-order chi connectivity index (χ1) is 9.56. The number of Topliss-reactive ketones (excluding diaryl/α,β-unsaturated/α-hetero) is 2. The van der Waals surface area contributed by atoms with Crippen LogP contribution in [0.5, 0.6) is 0 Å². The van der Waals surface area contributed by atoms with E-state index >= 15 is 0 Å². The number of carbonyl (C=O) groups excluding carboxylic acids is 2. The summed E-state index contributed by atoms with van der Waals surface area (Å²) < 4.78 is 0.607. The van der Waals surface area contributed by atoms with Crippen molar-refractivity contribution >= 4 is 27.5 Å². The number of halogens is 1. The minimum absolute atomic E-state index is 0.128. The first-order valence-corrected chi connectivity index (χ1v) is 6.98. The van der Waals surface area contributed by atoms with Crippen molar-refractivity contribution in [2.24, 2.45) is 0 Å². The first-order valence-electron chi connectivity index (χ1n) is 6.19. The molecule has 0 saturated heterocycles. The summed E-state index contributed by atoms with van der Waals surface area (Å²) >= 11 is 3.21. The normalized spacial score (nSPS) is 10.3. The minimum atomic E-state index is -0.146. The maximum absolute atomic E-state index is 12.0. The van der Waals surface area contributed by atoms with Gasteiger partial charge in [0, 0.05) is 18.5 Å². The molecule has 0 radical (unpaired) electrons. The number of hydrogen-bond acceptors (Lipinski definition) is 4. The molecule has 0 unspecified atom stereocenters. The fourth-order valence-electron chi connectivity index (χ4n) is 1.75. The fourth-order valence-corrected chi connectivity index (χ4v) is 2.09. The molecule has 2 aromatic heterocycles. The molecule has 4 nitrogen and oxygen atoms in total. The van der Waals surface area contributed by atoms with E-state index in [1.165, 1.54) is 0 Å². The average Bonchev–Trinajstić information content (AvgIpc) is 2.44. The van der Waals surface area contributed by atoms with Crippen LogP contribution in [-0.2, 0) is 0 Å². The molecular weight excluding hydrogens is 320 g/mol. The molecule has 5 heteroatoms. The number of rotatable bonds is 5. The lowest BCUT2D eigenvalue weighted by Crippen LogP contribution is -2.08. The van der Waals surface area contributed by atoms with Crippen molar-refractivity contribution in [3.05, 3.63) is 58.1 Å². The lowest BCUT2D eigenvalue weighted by molar-refractivity contribution is 0.0912. The molecule has 0 saturated carbocycles. The standard InChI is InChI=1S/C15H13BrN2O2/c1-10-4-2-5-11(17-10)13(19)8-9-14(20)12-6-3-7-15(16)18-12/h2-7H,8-9H2,1H3. The Morgan fingerprint density at radius 1 is 0.950 bits per heavy atom. The molecule has 0 amide bonds. The zero-order valence-corrected chi connectivity index (χ0v) is 12.6. The maximum atomic E-state index is 12.0. The predicted molar refractivity (Wildman–Crippen MR) is 78.8 cm³/mol. The third-order valence-electron chi connectivity index (χ3n) is 2.75. The van der Waals surface area contributed by atoms with Crippen molar-refractivity contribution in [2.45, 2.75) is 19.8 Å². The van der Waals surface area contributed by atoms with Crippen LogP contribution in [0.2, 0.25) is 0 Å². The summed E-state index contributed by atoms with van der Waals surface area (Å²) in [4.78, 5) is 32.1. The highest BCUT2D eigenvalue weighted by molar-refractivity contribution is 9.10. The van der Waals surface area contributed by atoms with E-state index in [0.29, 0.717) is 16.0 Å². The number of carbonyl (C=O) groups is 2. The molecule has 0 spiro atoms. The van der Waals surface area contributed by atoms with Crippen LogP contribution in [0, 0.1) is 6.92 Å². The Morgan fingerprint density at radius 3 is 2.05 bits per heavy atom. The van der Waals surface area contributed by atoms with Gasteiger partial charge < -0.3 is 0 Å². The number of aromatic nitrogens is 2. The summed E-state index contributed by atoms with van der Waals surface area (Å²) in [5.74, 6) is -0.274. The van der Waals surface area contributed by atoms with Gasteiger partial charge in [0.1, 0.15) is 16.0 Å². The van der Waals surface area contributed by atoms with Gasteiger partial charge in [-0.3, -0.25) is 14.6 Å². The third-order valence-corrected chi connectivity index (χ3v) is 3.20. The van der Waals surface area contributed by atoms with Crippen LogP contribution in [0.4, 0.5) is 0 Å². The van der Waals surface area contributed by atoms with Gasteiger partial charge in [0.15, 0.2) is 11.6 Å². The topological polar surface area (TPSA) is 59.9 Å². The van der Waals surface area contributed by atoms with Crippen LogP contribution in [0.25, 0.3) is 0 Å². The Bertz CT molecular complexity index is 598.